The van der Waals surface area contributed by atoms with Crippen LogP contribution in [0.1, 0.15) is 27.2 Å². The van der Waals surface area contributed by atoms with Crippen LogP contribution >= 0.6 is 0 Å². The third-order valence-corrected chi connectivity index (χ3v) is 4.84. The summed E-state index contributed by atoms with van der Waals surface area (Å²) in [5.41, 5.74) is -0.454. The topological polar surface area (TPSA) is 52.7 Å². The summed E-state index contributed by atoms with van der Waals surface area (Å²) in [5.74, 6) is 0. The fourth-order valence-corrected chi connectivity index (χ4v) is 3.28. The molecule has 0 radical (unpaired) electrons. The molecule has 0 saturated carbocycles. The van der Waals surface area contributed by atoms with E-state index in [2.05, 4.69) is 11.9 Å². The van der Waals surface area contributed by atoms with E-state index in [1.54, 1.807) is 13.1 Å². The highest BCUT2D eigenvalue weighted by atomic mass is 32.2. The standard InChI is InChI=1S/C12H27N3O2S/c1-7-10-15(12(2,3)4)18(16,17)14(6)11-8-9-13-5/h7,13H,1,8-11H2,2-6H3. The maximum atomic E-state index is 12.4. The lowest BCUT2D eigenvalue weighted by Gasteiger charge is -2.36. The van der Waals surface area contributed by atoms with Crippen molar-refractivity contribution in [3.8, 4) is 0 Å². The predicted octanol–water partition coefficient (Wildman–Crippen LogP) is 1.06. The van der Waals surface area contributed by atoms with Gasteiger partial charge in [0.15, 0.2) is 0 Å². The molecule has 0 aliphatic heterocycles. The molecule has 0 spiro atoms. The Morgan fingerprint density at radius 3 is 2.28 bits per heavy atom. The fraction of sp³-hybridized carbons (Fsp3) is 0.833. The van der Waals surface area contributed by atoms with Crippen LogP contribution in [0.2, 0.25) is 0 Å². The molecule has 0 fully saturated rings. The summed E-state index contributed by atoms with van der Waals surface area (Å²) < 4.78 is 27.8. The van der Waals surface area contributed by atoms with Gasteiger partial charge in [-0.25, -0.2) is 0 Å². The Hall–Kier alpha value is -0.430. The van der Waals surface area contributed by atoms with Gasteiger partial charge < -0.3 is 5.32 Å². The first-order valence-corrected chi connectivity index (χ1v) is 7.57. The Morgan fingerprint density at radius 1 is 1.33 bits per heavy atom. The summed E-state index contributed by atoms with van der Waals surface area (Å²) in [6, 6.07) is 0. The van der Waals surface area contributed by atoms with E-state index >= 15 is 0 Å². The van der Waals surface area contributed by atoms with Crippen LogP contribution in [0.3, 0.4) is 0 Å². The minimum absolute atomic E-state index is 0.322. The summed E-state index contributed by atoms with van der Waals surface area (Å²) in [6.07, 6.45) is 2.41. The molecule has 0 aromatic carbocycles. The highest BCUT2D eigenvalue weighted by Crippen LogP contribution is 2.20. The van der Waals surface area contributed by atoms with Gasteiger partial charge in [0, 0.05) is 25.7 Å². The van der Waals surface area contributed by atoms with Gasteiger partial charge in [-0.2, -0.15) is 17.0 Å². The molecule has 0 aromatic rings. The smallest absolute Gasteiger partial charge is 0.282 e. The van der Waals surface area contributed by atoms with Gasteiger partial charge in [-0.1, -0.05) is 6.08 Å². The average Bonchev–Trinajstić information content (AvgIpc) is 2.24. The van der Waals surface area contributed by atoms with Crippen molar-refractivity contribution >= 4 is 10.2 Å². The Bertz CT molecular complexity index is 347. The highest BCUT2D eigenvalue weighted by molar-refractivity contribution is 7.86. The van der Waals surface area contributed by atoms with Crippen LogP contribution in [-0.4, -0.2) is 56.3 Å². The van der Waals surface area contributed by atoms with Crippen LogP contribution in [0.4, 0.5) is 0 Å². The zero-order valence-electron chi connectivity index (χ0n) is 12.2. The van der Waals surface area contributed by atoms with Gasteiger partial charge in [0.2, 0.25) is 0 Å². The van der Waals surface area contributed by atoms with Gasteiger partial charge in [-0.05, 0) is 40.8 Å². The van der Waals surface area contributed by atoms with Gasteiger partial charge in [-0.15, -0.1) is 6.58 Å². The molecule has 5 nitrogen and oxygen atoms in total. The monoisotopic (exact) mass is 277 g/mol. The maximum absolute atomic E-state index is 12.4. The highest BCUT2D eigenvalue weighted by Gasteiger charge is 2.34. The number of hydrogen-bond acceptors (Lipinski definition) is 3. The lowest BCUT2D eigenvalue weighted by Crippen LogP contribution is -2.51. The molecule has 6 heteroatoms. The normalized spacial score (nSPS) is 13.3. The van der Waals surface area contributed by atoms with E-state index in [9.17, 15) is 8.42 Å². The van der Waals surface area contributed by atoms with Crippen LogP contribution < -0.4 is 5.32 Å². The molecule has 0 atom stereocenters. The van der Waals surface area contributed by atoms with Crippen LogP contribution in [0, 0.1) is 0 Å². The summed E-state index contributed by atoms with van der Waals surface area (Å²) in [5, 5.41) is 3.01. The third kappa shape index (κ3) is 5.06. The quantitative estimate of drug-likeness (QED) is 0.533. The van der Waals surface area contributed by atoms with Crippen LogP contribution in [0.5, 0.6) is 0 Å². The van der Waals surface area contributed by atoms with Gasteiger partial charge >= 0.3 is 0 Å². The summed E-state index contributed by atoms with van der Waals surface area (Å²) in [6.45, 7) is 10.9. The maximum Gasteiger partial charge on any atom is 0.282 e. The number of hydrogen-bond donors (Lipinski definition) is 1. The Labute approximate surface area is 112 Å². The zero-order chi connectivity index (χ0) is 14.4. The zero-order valence-corrected chi connectivity index (χ0v) is 13.0. The number of nitrogens with zero attached hydrogens (tertiary/aromatic N) is 2. The van der Waals surface area contributed by atoms with Gasteiger partial charge in [-0.3, -0.25) is 0 Å². The van der Waals surface area contributed by atoms with E-state index in [1.807, 2.05) is 27.8 Å². The van der Waals surface area contributed by atoms with E-state index in [0.717, 1.165) is 13.0 Å². The van der Waals surface area contributed by atoms with Crippen LogP contribution in [0.15, 0.2) is 12.7 Å². The number of rotatable bonds is 8. The van der Waals surface area contributed by atoms with Crippen molar-refractivity contribution in [3.63, 3.8) is 0 Å². The summed E-state index contributed by atoms with van der Waals surface area (Å²) >= 11 is 0. The van der Waals surface area contributed by atoms with Crippen molar-refractivity contribution in [2.45, 2.75) is 32.7 Å². The van der Waals surface area contributed by atoms with Crippen LogP contribution in [0.25, 0.3) is 0 Å². The van der Waals surface area contributed by atoms with E-state index in [-0.39, 0.29) is 0 Å². The van der Waals surface area contributed by atoms with Crippen molar-refractivity contribution in [2.24, 2.45) is 0 Å². The first-order valence-electron chi connectivity index (χ1n) is 6.17. The molecule has 0 heterocycles. The van der Waals surface area contributed by atoms with E-state index in [4.69, 9.17) is 0 Å². The Morgan fingerprint density at radius 2 is 1.89 bits per heavy atom. The second kappa shape index (κ2) is 7.23. The molecule has 0 unspecified atom stereocenters. The summed E-state index contributed by atoms with van der Waals surface area (Å²) in [4.78, 5) is 0. The van der Waals surface area contributed by atoms with Gasteiger partial charge in [0.25, 0.3) is 10.2 Å². The Kier molecular flexibility index (Phi) is 7.06. The Balaban J connectivity index is 4.89. The molecule has 18 heavy (non-hydrogen) atoms. The molecule has 0 aromatic heterocycles. The van der Waals surface area contributed by atoms with Gasteiger partial charge in [0.1, 0.15) is 0 Å². The van der Waals surface area contributed by atoms with Crippen molar-refractivity contribution in [3.05, 3.63) is 12.7 Å². The van der Waals surface area contributed by atoms with Crippen molar-refractivity contribution in [2.75, 3.05) is 33.7 Å². The van der Waals surface area contributed by atoms with Crippen molar-refractivity contribution < 1.29 is 8.42 Å². The average molecular weight is 277 g/mol. The van der Waals surface area contributed by atoms with E-state index in [1.165, 1.54) is 8.61 Å². The fourth-order valence-electron chi connectivity index (χ4n) is 1.59. The molecular weight excluding hydrogens is 250 g/mol. The van der Waals surface area contributed by atoms with Gasteiger partial charge in [0.05, 0.1) is 0 Å². The first-order chi connectivity index (χ1) is 8.17. The molecule has 0 amide bonds. The molecule has 108 valence electrons. The first kappa shape index (κ1) is 17.6. The largest absolute Gasteiger partial charge is 0.320 e. The molecule has 0 aliphatic carbocycles. The second-order valence-corrected chi connectivity index (χ2v) is 7.24. The molecule has 0 aliphatic rings. The van der Waals surface area contributed by atoms with E-state index < -0.39 is 15.7 Å². The number of nitrogens with one attached hydrogen (secondary N) is 1. The van der Waals surface area contributed by atoms with Crippen LogP contribution in [-0.2, 0) is 10.2 Å². The SMILES string of the molecule is C=CCN(C(C)(C)C)S(=O)(=O)N(C)CCCNC. The molecule has 0 saturated heterocycles. The molecule has 1 N–H and O–H groups in total. The molecule has 0 rings (SSSR count). The van der Waals surface area contributed by atoms with Crippen molar-refractivity contribution in [1.82, 2.24) is 13.9 Å². The third-order valence-electron chi connectivity index (χ3n) is 2.62. The second-order valence-electron chi connectivity index (χ2n) is 5.28. The summed E-state index contributed by atoms with van der Waals surface area (Å²) in [7, 11) is 0.0390. The lowest BCUT2D eigenvalue weighted by molar-refractivity contribution is 0.249. The van der Waals surface area contributed by atoms with Crippen molar-refractivity contribution in [1.29, 1.82) is 0 Å². The molecule has 0 bridgehead atoms. The van der Waals surface area contributed by atoms with E-state index in [0.29, 0.717) is 13.1 Å². The molecular formula is C12H27N3O2S. The predicted molar refractivity (Wildman–Crippen MR) is 76.7 cm³/mol. The minimum atomic E-state index is -3.43. The lowest BCUT2D eigenvalue weighted by atomic mass is 10.1. The minimum Gasteiger partial charge on any atom is -0.320 e.